The van der Waals surface area contributed by atoms with E-state index in [1.807, 2.05) is 11.8 Å². The minimum atomic E-state index is -0.449. The topological polar surface area (TPSA) is 73.4 Å². The van der Waals surface area contributed by atoms with Gasteiger partial charge in [0.1, 0.15) is 0 Å². The second-order valence-corrected chi connectivity index (χ2v) is 3.89. The summed E-state index contributed by atoms with van der Waals surface area (Å²) in [6.07, 6.45) is 1.55. The van der Waals surface area contributed by atoms with E-state index in [1.54, 1.807) is 11.6 Å². The smallest absolute Gasteiger partial charge is 0.375 e. The first kappa shape index (κ1) is 10.9. The van der Waals surface area contributed by atoms with E-state index in [1.165, 1.54) is 6.33 Å². The first-order chi connectivity index (χ1) is 7.59. The summed E-state index contributed by atoms with van der Waals surface area (Å²) >= 11 is 0. The molecule has 1 unspecified atom stereocenters. The maximum absolute atomic E-state index is 10.8. The number of imidazole rings is 1. The van der Waals surface area contributed by atoms with Gasteiger partial charge in [-0.05, 0) is 16.8 Å². The molecule has 1 aliphatic heterocycles. The van der Waals surface area contributed by atoms with Crippen molar-refractivity contribution in [2.45, 2.75) is 13.0 Å². The van der Waals surface area contributed by atoms with Crippen molar-refractivity contribution < 1.29 is 9.66 Å². The lowest BCUT2D eigenvalue weighted by atomic mass is 10.3. The number of ether oxygens (including phenoxy) is 1. The van der Waals surface area contributed by atoms with Crippen LogP contribution < -0.4 is 4.90 Å². The molecule has 1 atom stereocenters. The van der Waals surface area contributed by atoms with Crippen LogP contribution in [0.3, 0.4) is 0 Å². The van der Waals surface area contributed by atoms with Gasteiger partial charge in [-0.1, -0.05) is 0 Å². The molecular formula is C9H14N4O3. The number of aryl methyl sites for hydroxylation is 1. The van der Waals surface area contributed by atoms with Crippen molar-refractivity contribution in [3.8, 4) is 0 Å². The summed E-state index contributed by atoms with van der Waals surface area (Å²) < 4.78 is 7.08. The number of anilines is 1. The Labute approximate surface area is 92.8 Å². The number of aromatic nitrogens is 2. The summed E-state index contributed by atoms with van der Waals surface area (Å²) in [5.74, 6) is 0.469. The van der Waals surface area contributed by atoms with Crippen molar-refractivity contribution in [3.05, 3.63) is 16.4 Å². The predicted octanol–water partition coefficient (Wildman–Crippen LogP) is 0.553. The highest BCUT2D eigenvalue weighted by Gasteiger charge is 2.28. The third-order valence-electron chi connectivity index (χ3n) is 2.60. The van der Waals surface area contributed by atoms with Gasteiger partial charge in [-0.3, -0.25) is 4.57 Å². The highest BCUT2D eigenvalue weighted by atomic mass is 16.6. The molecule has 0 spiro atoms. The van der Waals surface area contributed by atoms with Gasteiger partial charge in [-0.15, -0.1) is 0 Å². The van der Waals surface area contributed by atoms with Crippen LogP contribution in [0.15, 0.2) is 6.33 Å². The van der Waals surface area contributed by atoms with E-state index in [0.717, 1.165) is 0 Å². The van der Waals surface area contributed by atoms with Crippen molar-refractivity contribution in [1.29, 1.82) is 0 Å². The summed E-state index contributed by atoms with van der Waals surface area (Å²) in [5.41, 5.74) is 0. The van der Waals surface area contributed by atoms with Crippen LogP contribution in [0.25, 0.3) is 0 Å². The van der Waals surface area contributed by atoms with Crippen LogP contribution in [-0.2, 0) is 11.8 Å². The van der Waals surface area contributed by atoms with E-state index >= 15 is 0 Å². The van der Waals surface area contributed by atoms with E-state index < -0.39 is 4.92 Å². The molecule has 2 rings (SSSR count). The van der Waals surface area contributed by atoms with Crippen molar-refractivity contribution in [2.75, 3.05) is 24.6 Å². The minimum Gasteiger partial charge on any atom is -0.375 e. The quantitative estimate of drug-likeness (QED) is 0.544. The van der Waals surface area contributed by atoms with Crippen LogP contribution >= 0.6 is 0 Å². The number of rotatable bonds is 2. The number of nitro groups is 1. The maximum Gasteiger partial charge on any atom is 0.406 e. The standard InChI is InChI=1S/C9H14N4O3/c1-7-5-12(3-4-16-7)9-8(13(14)15)10-6-11(9)2/h6-7H,3-5H2,1-2H3. The van der Waals surface area contributed by atoms with Gasteiger partial charge in [-0.2, -0.15) is 0 Å². The van der Waals surface area contributed by atoms with Gasteiger partial charge in [-0.25, -0.2) is 0 Å². The second-order valence-electron chi connectivity index (χ2n) is 3.89. The minimum absolute atomic E-state index is 0.0863. The zero-order valence-corrected chi connectivity index (χ0v) is 9.29. The van der Waals surface area contributed by atoms with Crippen LogP contribution in [0.1, 0.15) is 6.92 Å². The Hall–Kier alpha value is -1.63. The first-order valence-electron chi connectivity index (χ1n) is 5.12. The van der Waals surface area contributed by atoms with E-state index in [9.17, 15) is 10.1 Å². The van der Waals surface area contributed by atoms with Crippen molar-refractivity contribution in [2.24, 2.45) is 7.05 Å². The fraction of sp³-hybridized carbons (Fsp3) is 0.667. The first-order valence-corrected chi connectivity index (χ1v) is 5.12. The highest BCUT2D eigenvalue weighted by molar-refractivity contribution is 5.54. The molecule has 0 N–H and O–H groups in total. The molecule has 0 saturated carbocycles. The van der Waals surface area contributed by atoms with E-state index in [0.29, 0.717) is 25.5 Å². The average Bonchev–Trinajstić information content (AvgIpc) is 2.60. The lowest BCUT2D eigenvalue weighted by Gasteiger charge is -2.31. The molecule has 0 aliphatic carbocycles. The fourth-order valence-electron chi connectivity index (χ4n) is 1.92. The van der Waals surface area contributed by atoms with E-state index in [-0.39, 0.29) is 11.9 Å². The van der Waals surface area contributed by atoms with Gasteiger partial charge >= 0.3 is 5.82 Å². The van der Waals surface area contributed by atoms with Gasteiger partial charge in [0.2, 0.25) is 12.1 Å². The maximum atomic E-state index is 10.8. The Morgan fingerprint density at radius 2 is 2.44 bits per heavy atom. The Balaban J connectivity index is 2.31. The molecule has 0 aromatic carbocycles. The lowest BCUT2D eigenvalue weighted by Crippen LogP contribution is -2.42. The van der Waals surface area contributed by atoms with E-state index in [4.69, 9.17) is 4.74 Å². The molecular weight excluding hydrogens is 212 g/mol. The largest absolute Gasteiger partial charge is 0.406 e. The Bertz CT molecular complexity index is 403. The van der Waals surface area contributed by atoms with Gasteiger partial charge in [0, 0.05) is 20.1 Å². The Morgan fingerprint density at radius 3 is 3.06 bits per heavy atom. The summed E-state index contributed by atoms with van der Waals surface area (Å²) in [4.78, 5) is 16.1. The lowest BCUT2D eigenvalue weighted by molar-refractivity contribution is -0.388. The molecule has 2 heterocycles. The third-order valence-corrected chi connectivity index (χ3v) is 2.60. The zero-order valence-electron chi connectivity index (χ0n) is 9.29. The summed E-state index contributed by atoms with van der Waals surface area (Å²) in [5, 5.41) is 10.8. The molecule has 0 radical (unpaired) electrons. The Kier molecular flexibility index (Phi) is 2.78. The van der Waals surface area contributed by atoms with Crippen molar-refractivity contribution in [1.82, 2.24) is 9.55 Å². The SMILES string of the molecule is CC1CN(c2c([N+](=O)[O-])ncn2C)CCO1. The molecule has 0 bridgehead atoms. The molecule has 16 heavy (non-hydrogen) atoms. The molecule has 0 amide bonds. The van der Waals surface area contributed by atoms with Gasteiger partial charge < -0.3 is 19.8 Å². The van der Waals surface area contributed by atoms with Crippen molar-refractivity contribution in [3.63, 3.8) is 0 Å². The molecule has 7 nitrogen and oxygen atoms in total. The van der Waals surface area contributed by atoms with Gasteiger partial charge in [0.05, 0.1) is 12.7 Å². The van der Waals surface area contributed by atoms with Crippen LogP contribution in [0, 0.1) is 10.1 Å². The summed E-state index contributed by atoms with van der Waals surface area (Å²) in [7, 11) is 1.76. The van der Waals surface area contributed by atoms with E-state index in [2.05, 4.69) is 4.98 Å². The molecule has 1 fully saturated rings. The predicted molar refractivity (Wildman–Crippen MR) is 57.5 cm³/mol. The molecule has 1 aromatic rings. The second kappa shape index (κ2) is 4.09. The fourth-order valence-corrected chi connectivity index (χ4v) is 1.92. The molecule has 88 valence electrons. The molecule has 1 aliphatic rings. The zero-order chi connectivity index (χ0) is 11.7. The molecule has 1 saturated heterocycles. The third kappa shape index (κ3) is 1.85. The number of hydrogen-bond acceptors (Lipinski definition) is 5. The number of nitrogens with zero attached hydrogens (tertiary/aromatic N) is 4. The van der Waals surface area contributed by atoms with Gasteiger partial charge in [0.15, 0.2) is 0 Å². The van der Waals surface area contributed by atoms with Crippen LogP contribution in [0.2, 0.25) is 0 Å². The summed E-state index contributed by atoms with van der Waals surface area (Å²) in [6, 6.07) is 0. The number of morpholine rings is 1. The summed E-state index contributed by atoms with van der Waals surface area (Å²) in [6.45, 7) is 3.85. The van der Waals surface area contributed by atoms with Crippen molar-refractivity contribution >= 4 is 11.6 Å². The highest BCUT2D eigenvalue weighted by Crippen LogP contribution is 2.27. The molecule has 1 aromatic heterocycles. The number of hydrogen-bond donors (Lipinski definition) is 0. The molecule has 7 heteroatoms. The monoisotopic (exact) mass is 226 g/mol. The normalized spacial score (nSPS) is 21.1. The average molecular weight is 226 g/mol. The van der Waals surface area contributed by atoms with Crippen LogP contribution in [-0.4, -0.2) is 40.3 Å². The van der Waals surface area contributed by atoms with Crippen LogP contribution in [0.4, 0.5) is 11.6 Å². The van der Waals surface area contributed by atoms with Gasteiger partial charge in [0.25, 0.3) is 0 Å². The van der Waals surface area contributed by atoms with Crippen LogP contribution in [0.5, 0.6) is 0 Å². The Morgan fingerprint density at radius 1 is 1.69 bits per heavy atom.